The van der Waals surface area contributed by atoms with Crippen LogP contribution in [0.1, 0.15) is 21.5 Å². The van der Waals surface area contributed by atoms with E-state index in [1.54, 1.807) is 54.6 Å². The fourth-order valence-corrected chi connectivity index (χ4v) is 5.07. The van der Waals surface area contributed by atoms with Gasteiger partial charge in [0.15, 0.2) is 12.4 Å². The van der Waals surface area contributed by atoms with Crippen molar-refractivity contribution < 1.29 is 29.0 Å². The number of Topliss-reactive ketones (excluding diaryl/α,β-unsaturated/α-hetero) is 1. The Bertz CT molecular complexity index is 1350. The van der Waals surface area contributed by atoms with Crippen LogP contribution in [-0.4, -0.2) is 51.7 Å². The smallest absolute Gasteiger partial charge is 0.327 e. The maximum atomic E-state index is 13.1. The van der Waals surface area contributed by atoms with Gasteiger partial charge in [0.2, 0.25) is 0 Å². The van der Waals surface area contributed by atoms with Crippen LogP contribution in [0, 0.1) is 0 Å². The molecule has 0 aromatic heterocycles. The minimum Gasteiger partial charge on any atom is -0.497 e. The minimum absolute atomic E-state index is 0.136. The van der Waals surface area contributed by atoms with Gasteiger partial charge in [0.25, 0.3) is 5.91 Å². The first kappa shape index (κ1) is 26.1. The SMILES string of the molecule is COc1cccc(C(=O)COc2ccc(/C=C3\SC(=S)N([C@@H](Cc4ccccc4)C(=O)O)C3=O)cc2)c1. The molecule has 1 amide bonds. The van der Waals surface area contributed by atoms with E-state index in [1.807, 2.05) is 30.3 Å². The number of methoxy groups -OCH3 is 1. The number of hydrogen-bond donors (Lipinski definition) is 1. The molecule has 0 spiro atoms. The van der Waals surface area contributed by atoms with Gasteiger partial charge in [-0.3, -0.25) is 14.5 Å². The Morgan fingerprint density at radius 2 is 1.76 bits per heavy atom. The van der Waals surface area contributed by atoms with Crippen molar-refractivity contribution in [3.05, 3.63) is 100 Å². The number of carbonyl (C=O) groups excluding carboxylic acids is 2. The Kier molecular flexibility index (Phi) is 8.37. The van der Waals surface area contributed by atoms with Gasteiger partial charge in [-0.2, -0.15) is 0 Å². The van der Waals surface area contributed by atoms with Gasteiger partial charge in [0.05, 0.1) is 12.0 Å². The summed E-state index contributed by atoms with van der Waals surface area (Å²) in [6.07, 6.45) is 1.81. The maximum Gasteiger partial charge on any atom is 0.327 e. The van der Waals surface area contributed by atoms with Crippen LogP contribution in [-0.2, 0) is 16.0 Å². The standard InChI is InChI=1S/C28H23NO6S2/c1-34-22-9-5-8-20(16-22)24(30)17-35-21-12-10-19(11-13-21)15-25-26(31)29(28(36)37-25)23(27(32)33)14-18-6-3-2-4-7-18/h2-13,15-16,23H,14,17H2,1H3,(H,32,33)/b25-15-/t23-/m0/s1. The lowest BCUT2D eigenvalue weighted by Gasteiger charge is -2.23. The molecule has 4 rings (SSSR count). The molecule has 7 nitrogen and oxygen atoms in total. The molecule has 0 unspecified atom stereocenters. The van der Waals surface area contributed by atoms with Crippen LogP contribution in [0.3, 0.4) is 0 Å². The van der Waals surface area contributed by atoms with Crippen molar-refractivity contribution in [3.63, 3.8) is 0 Å². The first-order valence-corrected chi connectivity index (χ1v) is 12.5. The van der Waals surface area contributed by atoms with Crippen LogP contribution >= 0.6 is 24.0 Å². The minimum atomic E-state index is -1.12. The van der Waals surface area contributed by atoms with Crippen LogP contribution in [0.2, 0.25) is 0 Å². The summed E-state index contributed by atoms with van der Waals surface area (Å²) in [5, 5.41) is 9.80. The summed E-state index contributed by atoms with van der Waals surface area (Å²) in [7, 11) is 1.54. The lowest BCUT2D eigenvalue weighted by molar-refractivity contribution is -0.145. The van der Waals surface area contributed by atoms with E-state index in [4.69, 9.17) is 21.7 Å². The number of amides is 1. The van der Waals surface area contributed by atoms with Crippen LogP contribution in [0.15, 0.2) is 83.8 Å². The Hall–Kier alpha value is -3.95. The van der Waals surface area contributed by atoms with Gasteiger partial charge in [0, 0.05) is 12.0 Å². The van der Waals surface area contributed by atoms with E-state index < -0.39 is 17.9 Å². The fourth-order valence-electron chi connectivity index (χ4n) is 3.72. The summed E-state index contributed by atoms with van der Waals surface area (Å²) in [6.45, 7) is -0.136. The normalized spacial score (nSPS) is 15.1. The fraction of sp³-hybridized carbons (Fsp3) is 0.143. The van der Waals surface area contributed by atoms with Crippen LogP contribution in [0.4, 0.5) is 0 Å². The van der Waals surface area contributed by atoms with Crippen molar-refractivity contribution in [3.8, 4) is 11.5 Å². The molecule has 188 valence electrons. The number of thioether (sulfide) groups is 1. The van der Waals surface area contributed by atoms with Gasteiger partial charge in [-0.15, -0.1) is 0 Å². The molecule has 0 saturated carbocycles. The van der Waals surface area contributed by atoms with Crippen molar-refractivity contribution in [1.82, 2.24) is 4.90 Å². The van der Waals surface area contributed by atoms with Crippen molar-refractivity contribution in [1.29, 1.82) is 0 Å². The van der Waals surface area contributed by atoms with Crippen molar-refractivity contribution in [2.45, 2.75) is 12.5 Å². The number of rotatable bonds is 10. The first-order valence-electron chi connectivity index (χ1n) is 11.3. The predicted molar refractivity (Wildman–Crippen MR) is 146 cm³/mol. The summed E-state index contributed by atoms with van der Waals surface area (Å²) >= 11 is 6.43. The average molecular weight is 534 g/mol. The van der Waals surface area contributed by atoms with Gasteiger partial charge in [-0.05, 0) is 41.5 Å². The lowest BCUT2D eigenvalue weighted by Crippen LogP contribution is -2.45. The number of carboxylic acid groups (broad SMARTS) is 1. The number of ketones is 1. The molecular formula is C28H23NO6S2. The zero-order valence-electron chi connectivity index (χ0n) is 19.8. The zero-order chi connectivity index (χ0) is 26.4. The number of hydrogen-bond acceptors (Lipinski definition) is 7. The van der Waals surface area contributed by atoms with E-state index in [1.165, 1.54) is 12.0 Å². The molecule has 1 fully saturated rings. The quantitative estimate of drug-likeness (QED) is 0.225. The van der Waals surface area contributed by atoms with Crippen LogP contribution in [0.5, 0.6) is 11.5 Å². The molecule has 1 atom stereocenters. The Balaban J connectivity index is 1.41. The maximum absolute atomic E-state index is 13.1. The molecule has 9 heteroatoms. The highest BCUT2D eigenvalue weighted by Crippen LogP contribution is 2.35. The third kappa shape index (κ3) is 6.44. The molecule has 3 aromatic rings. The zero-order valence-corrected chi connectivity index (χ0v) is 21.5. The number of carboxylic acids is 1. The number of thiocarbonyl (C=S) groups is 1. The highest BCUT2D eigenvalue weighted by atomic mass is 32.2. The second kappa shape index (κ2) is 11.9. The predicted octanol–water partition coefficient (Wildman–Crippen LogP) is 4.85. The first-order chi connectivity index (χ1) is 17.9. The summed E-state index contributed by atoms with van der Waals surface area (Å²) in [6, 6.07) is 21.8. The Morgan fingerprint density at radius 1 is 1.03 bits per heavy atom. The topological polar surface area (TPSA) is 93.1 Å². The van der Waals surface area contributed by atoms with E-state index >= 15 is 0 Å². The molecule has 37 heavy (non-hydrogen) atoms. The van der Waals surface area contributed by atoms with E-state index in [-0.39, 0.29) is 23.1 Å². The number of benzene rings is 3. The van der Waals surface area contributed by atoms with Gasteiger partial charge in [-0.25, -0.2) is 4.79 Å². The van der Waals surface area contributed by atoms with E-state index in [2.05, 4.69) is 0 Å². The van der Waals surface area contributed by atoms with E-state index in [0.717, 1.165) is 17.3 Å². The van der Waals surface area contributed by atoms with Crippen molar-refractivity contribution >= 4 is 52.0 Å². The summed E-state index contributed by atoms with van der Waals surface area (Å²) < 4.78 is 11.0. The summed E-state index contributed by atoms with van der Waals surface area (Å²) in [5.74, 6) is -0.658. The monoisotopic (exact) mass is 533 g/mol. The van der Waals surface area contributed by atoms with Crippen molar-refractivity contribution in [2.24, 2.45) is 0 Å². The molecule has 0 aliphatic carbocycles. The third-order valence-corrected chi connectivity index (χ3v) is 6.96. The van der Waals surface area contributed by atoms with Gasteiger partial charge >= 0.3 is 5.97 Å². The van der Waals surface area contributed by atoms with Crippen LogP contribution in [0.25, 0.3) is 6.08 Å². The average Bonchev–Trinajstić information content (AvgIpc) is 3.19. The number of carbonyl (C=O) groups is 3. The molecule has 3 aromatic carbocycles. The highest BCUT2D eigenvalue weighted by molar-refractivity contribution is 8.26. The largest absolute Gasteiger partial charge is 0.497 e. The third-order valence-electron chi connectivity index (χ3n) is 5.63. The number of nitrogens with zero attached hydrogens (tertiary/aromatic N) is 1. The Morgan fingerprint density at radius 3 is 2.43 bits per heavy atom. The number of aliphatic carboxylic acids is 1. The molecule has 1 N–H and O–H groups in total. The molecule has 0 radical (unpaired) electrons. The van der Waals surface area contributed by atoms with Gasteiger partial charge in [-0.1, -0.05) is 78.6 Å². The molecule has 1 heterocycles. The summed E-state index contributed by atoms with van der Waals surface area (Å²) in [5.41, 5.74) is 2.00. The molecule has 1 aliphatic rings. The molecule has 1 saturated heterocycles. The van der Waals surface area contributed by atoms with Gasteiger partial charge < -0.3 is 14.6 Å². The van der Waals surface area contributed by atoms with Crippen molar-refractivity contribution in [2.75, 3.05) is 13.7 Å². The molecule has 0 bridgehead atoms. The number of ether oxygens (including phenoxy) is 2. The second-order valence-electron chi connectivity index (χ2n) is 8.11. The summed E-state index contributed by atoms with van der Waals surface area (Å²) in [4.78, 5) is 39.0. The highest BCUT2D eigenvalue weighted by Gasteiger charge is 2.40. The Labute approximate surface area is 223 Å². The lowest BCUT2D eigenvalue weighted by atomic mass is 10.0. The van der Waals surface area contributed by atoms with E-state index in [9.17, 15) is 19.5 Å². The van der Waals surface area contributed by atoms with Gasteiger partial charge in [0.1, 0.15) is 21.9 Å². The molecule has 1 aliphatic heterocycles. The van der Waals surface area contributed by atoms with Crippen LogP contribution < -0.4 is 9.47 Å². The van der Waals surface area contributed by atoms with E-state index in [0.29, 0.717) is 27.5 Å². The molecular weight excluding hydrogens is 510 g/mol. The second-order valence-corrected chi connectivity index (χ2v) is 9.78.